The molecule has 6 N–H and O–H groups in total. The molecule has 3 rings (SSSR count). The average Bonchev–Trinajstić information content (AvgIpc) is 2.93. The molecule has 0 amide bonds. The summed E-state index contributed by atoms with van der Waals surface area (Å²) in [7, 11) is 0. The number of aliphatic hydroxyl groups excluding tert-OH is 3. The number of benzene rings is 1. The standard InChI is InChI=1S/C14H15NO7.Na.H/c16-9-10(17)14(21,11(12(18)19)22-13(9)20)7-5-15-8-4-2-1-3-6(7)8;;/h1-5,9-11,13,15-17,20-21H,(H,18,19);;/t9-,10-,11-,13-,14+;;/m1../s1. The Hall–Kier alpha value is -0.970. The Labute approximate surface area is 152 Å². The van der Waals surface area contributed by atoms with E-state index in [-0.39, 0.29) is 35.1 Å². The molecular weight excluding hydrogens is 317 g/mol. The summed E-state index contributed by atoms with van der Waals surface area (Å²) in [5.74, 6) is -1.57. The predicted molar refractivity (Wildman–Crippen MR) is 79.9 cm³/mol. The number of hydrogen-bond donors (Lipinski definition) is 6. The molecule has 120 valence electrons. The van der Waals surface area contributed by atoms with Gasteiger partial charge in [0.25, 0.3) is 0 Å². The molecule has 8 nitrogen and oxygen atoms in total. The first-order valence-corrected chi connectivity index (χ1v) is 6.58. The van der Waals surface area contributed by atoms with Gasteiger partial charge in [-0.1, -0.05) is 18.2 Å². The number of ether oxygens (including phenoxy) is 1. The Balaban J connectivity index is 0.00000192. The molecule has 23 heavy (non-hydrogen) atoms. The number of fused-ring (bicyclic) bond motifs is 1. The molecule has 5 atom stereocenters. The van der Waals surface area contributed by atoms with Gasteiger partial charge in [0.2, 0.25) is 0 Å². The van der Waals surface area contributed by atoms with E-state index in [4.69, 9.17) is 4.74 Å². The van der Waals surface area contributed by atoms with E-state index in [1.165, 1.54) is 6.20 Å². The second-order valence-electron chi connectivity index (χ2n) is 5.25. The number of para-hydroxylation sites is 1. The van der Waals surface area contributed by atoms with E-state index in [1.54, 1.807) is 24.3 Å². The van der Waals surface area contributed by atoms with E-state index >= 15 is 0 Å². The van der Waals surface area contributed by atoms with Crippen LogP contribution in [0, 0.1) is 0 Å². The number of H-pyrrole nitrogens is 1. The van der Waals surface area contributed by atoms with E-state index in [9.17, 15) is 30.3 Å². The molecule has 2 heterocycles. The van der Waals surface area contributed by atoms with Crippen LogP contribution < -0.4 is 0 Å². The normalized spacial score (nSPS) is 34.1. The van der Waals surface area contributed by atoms with Crippen molar-refractivity contribution >= 4 is 46.4 Å². The molecule has 1 aromatic heterocycles. The molecule has 0 radical (unpaired) electrons. The van der Waals surface area contributed by atoms with Crippen LogP contribution in [0.2, 0.25) is 0 Å². The van der Waals surface area contributed by atoms with Crippen molar-refractivity contribution in [2.45, 2.75) is 30.2 Å². The summed E-state index contributed by atoms with van der Waals surface area (Å²) in [5.41, 5.74) is -1.75. The van der Waals surface area contributed by atoms with Crippen LogP contribution >= 0.6 is 0 Å². The first-order valence-electron chi connectivity index (χ1n) is 6.58. The maximum absolute atomic E-state index is 11.4. The second-order valence-corrected chi connectivity index (χ2v) is 5.25. The fourth-order valence-corrected chi connectivity index (χ4v) is 2.84. The molecule has 0 bridgehead atoms. The number of carbonyl (C=O) groups is 1. The van der Waals surface area contributed by atoms with Crippen molar-refractivity contribution in [2.75, 3.05) is 0 Å². The van der Waals surface area contributed by atoms with Crippen molar-refractivity contribution in [3.05, 3.63) is 36.0 Å². The molecule has 0 aliphatic carbocycles. The van der Waals surface area contributed by atoms with Crippen LogP contribution in [0.4, 0.5) is 0 Å². The number of aliphatic hydroxyl groups is 4. The molecule has 1 aliphatic rings. The minimum atomic E-state index is -2.43. The fourth-order valence-electron chi connectivity index (χ4n) is 2.84. The van der Waals surface area contributed by atoms with Crippen molar-refractivity contribution in [1.82, 2.24) is 4.98 Å². The van der Waals surface area contributed by atoms with E-state index < -0.39 is 36.2 Å². The zero-order chi connectivity index (χ0) is 16.1. The van der Waals surface area contributed by atoms with Crippen molar-refractivity contribution < 1.29 is 35.1 Å². The second kappa shape index (κ2) is 6.50. The van der Waals surface area contributed by atoms with Crippen LogP contribution in [-0.4, -0.2) is 90.6 Å². The van der Waals surface area contributed by atoms with Gasteiger partial charge < -0.3 is 35.3 Å². The summed E-state index contributed by atoms with van der Waals surface area (Å²) in [6, 6.07) is 6.76. The topological polar surface area (TPSA) is 143 Å². The van der Waals surface area contributed by atoms with E-state index in [0.717, 1.165) is 0 Å². The van der Waals surface area contributed by atoms with Gasteiger partial charge in [-0.2, -0.15) is 0 Å². The van der Waals surface area contributed by atoms with Crippen LogP contribution in [0.1, 0.15) is 5.56 Å². The molecule has 2 aromatic rings. The molecule has 0 saturated carbocycles. The van der Waals surface area contributed by atoms with Crippen molar-refractivity contribution in [1.29, 1.82) is 0 Å². The van der Waals surface area contributed by atoms with E-state index in [2.05, 4.69) is 4.98 Å². The van der Waals surface area contributed by atoms with Crippen molar-refractivity contribution in [3.8, 4) is 0 Å². The van der Waals surface area contributed by atoms with Crippen molar-refractivity contribution in [2.24, 2.45) is 0 Å². The molecule has 1 aliphatic heterocycles. The molecule has 1 aromatic carbocycles. The third-order valence-electron chi connectivity index (χ3n) is 3.99. The maximum atomic E-state index is 11.4. The molecule has 1 fully saturated rings. The number of aliphatic carboxylic acids is 1. The summed E-state index contributed by atoms with van der Waals surface area (Å²) >= 11 is 0. The molecule has 0 spiro atoms. The van der Waals surface area contributed by atoms with Gasteiger partial charge in [-0.25, -0.2) is 4.79 Å². The molecule has 9 heteroatoms. The summed E-state index contributed by atoms with van der Waals surface area (Å²) < 4.78 is 4.80. The predicted octanol–water partition coefficient (Wildman–Crippen LogP) is -1.77. The van der Waals surface area contributed by atoms with Gasteiger partial charge in [0.05, 0.1) is 0 Å². The summed E-state index contributed by atoms with van der Waals surface area (Å²) in [6.45, 7) is 0. The SMILES string of the molecule is O=C(O)[C@H]1O[C@@H](O)[C@H](O)[C@@H](O)[C@@]1(O)c1c[nH]c2ccccc12.[NaH]. The van der Waals surface area contributed by atoms with Gasteiger partial charge in [-0.15, -0.1) is 0 Å². The Kier molecular flexibility index (Phi) is 5.19. The van der Waals surface area contributed by atoms with Gasteiger partial charge in [-0.05, 0) is 6.07 Å². The van der Waals surface area contributed by atoms with Gasteiger partial charge in [-0.3, -0.25) is 0 Å². The Morgan fingerprint density at radius 3 is 2.52 bits per heavy atom. The third-order valence-corrected chi connectivity index (χ3v) is 3.99. The summed E-state index contributed by atoms with van der Waals surface area (Å²) in [5, 5.41) is 50.1. The van der Waals surface area contributed by atoms with Crippen LogP contribution in [0.3, 0.4) is 0 Å². The van der Waals surface area contributed by atoms with Gasteiger partial charge in [0.1, 0.15) is 12.2 Å². The number of rotatable bonds is 2. The monoisotopic (exact) mass is 333 g/mol. The van der Waals surface area contributed by atoms with E-state index in [0.29, 0.717) is 10.9 Å². The van der Waals surface area contributed by atoms with Crippen LogP contribution in [0.15, 0.2) is 30.5 Å². The van der Waals surface area contributed by atoms with Crippen molar-refractivity contribution in [3.63, 3.8) is 0 Å². The Morgan fingerprint density at radius 2 is 1.87 bits per heavy atom. The zero-order valence-electron chi connectivity index (χ0n) is 11.2. The van der Waals surface area contributed by atoms with Gasteiger partial charge in [0.15, 0.2) is 18.0 Å². The first-order chi connectivity index (χ1) is 10.4. The quantitative estimate of drug-likeness (QED) is 0.357. The van der Waals surface area contributed by atoms with Crippen LogP contribution in [-0.2, 0) is 15.1 Å². The number of carboxylic acids is 1. The van der Waals surface area contributed by atoms with Gasteiger partial charge in [0, 0.05) is 22.7 Å². The Morgan fingerprint density at radius 1 is 1.22 bits per heavy atom. The Bertz CT molecular complexity index is 720. The first kappa shape index (κ1) is 18.4. The third kappa shape index (κ3) is 2.71. The average molecular weight is 333 g/mol. The van der Waals surface area contributed by atoms with Crippen LogP contribution in [0.25, 0.3) is 10.9 Å². The van der Waals surface area contributed by atoms with E-state index in [1.807, 2.05) is 0 Å². The number of aromatic amines is 1. The number of hydrogen-bond acceptors (Lipinski definition) is 6. The number of aromatic nitrogens is 1. The molecular formula is C14H16NNaO7. The fraction of sp³-hybridized carbons (Fsp3) is 0.357. The summed E-state index contributed by atoms with van der Waals surface area (Å²) in [4.78, 5) is 14.3. The summed E-state index contributed by atoms with van der Waals surface area (Å²) in [6.07, 6.45) is -6.31. The number of nitrogens with one attached hydrogen (secondary N) is 1. The molecule has 1 saturated heterocycles. The molecule has 0 unspecified atom stereocenters. The number of carboxylic acid groups (broad SMARTS) is 1. The van der Waals surface area contributed by atoms with Gasteiger partial charge >= 0.3 is 35.5 Å². The zero-order valence-corrected chi connectivity index (χ0v) is 11.2. The van der Waals surface area contributed by atoms with Crippen LogP contribution in [0.5, 0.6) is 0 Å². The minimum absolute atomic E-state index is 0.